The molecule has 0 amide bonds. The van der Waals surface area contributed by atoms with Crippen LogP contribution in [-0.2, 0) is 79.0 Å². The third kappa shape index (κ3) is 10.2. The van der Waals surface area contributed by atoms with Crippen LogP contribution in [0.3, 0.4) is 0 Å². The Kier molecular flexibility index (Phi) is 15.1. The molecular formula is C35H48N15O16P3S2. The highest BCUT2D eigenvalue weighted by molar-refractivity contribution is 8.07. The van der Waals surface area contributed by atoms with Crippen molar-refractivity contribution in [1.82, 2.24) is 58.6 Å². The fraction of sp³-hybridized carbons (Fsp3) is 0.571. The number of hydrogen-bond donors (Lipinski definition) is 7. The second-order valence-electron chi connectivity index (χ2n) is 16.0. The maximum Gasteiger partial charge on any atom is 0.330 e. The lowest BCUT2D eigenvalue weighted by molar-refractivity contribution is -0.0591. The van der Waals surface area contributed by atoms with Gasteiger partial charge in [-0.05, 0) is 30.0 Å². The van der Waals surface area contributed by atoms with Gasteiger partial charge < -0.3 is 79.0 Å². The molecule has 0 aliphatic carbocycles. The first-order valence-corrected chi connectivity index (χ1v) is 28.0. The summed E-state index contributed by atoms with van der Waals surface area (Å²) >= 11 is 11.1. The molecule has 36 heteroatoms. The van der Waals surface area contributed by atoms with Crippen molar-refractivity contribution >= 4 is 95.6 Å². The van der Waals surface area contributed by atoms with Crippen LogP contribution < -0.4 is 17.2 Å². The van der Waals surface area contributed by atoms with Gasteiger partial charge in [0.1, 0.15) is 84.4 Å². The fourth-order valence-electron chi connectivity index (χ4n) is 8.54. The molecular weight excluding hydrogens is 1040 g/mol. The molecule has 386 valence electrons. The number of anilines is 3. The van der Waals surface area contributed by atoms with E-state index < -0.39 is 108 Å². The molecule has 3 fully saturated rings. The Hall–Kier alpha value is -4.02. The Balaban J connectivity index is 0.941. The van der Waals surface area contributed by atoms with Crippen molar-refractivity contribution in [3.63, 3.8) is 0 Å². The summed E-state index contributed by atoms with van der Waals surface area (Å²) in [4.78, 5) is 61.1. The van der Waals surface area contributed by atoms with Crippen molar-refractivity contribution in [2.24, 2.45) is 0 Å². The zero-order valence-electron chi connectivity index (χ0n) is 37.7. The highest BCUT2D eigenvalue weighted by Gasteiger charge is 2.53. The first-order valence-electron chi connectivity index (χ1n) is 21.1. The van der Waals surface area contributed by atoms with E-state index in [-0.39, 0.29) is 63.5 Å². The number of nitrogens with two attached hydrogens (primary N) is 3. The Morgan fingerprint density at radius 1 is 0.577 bits per heavy atom. The molecule has 0 radical (unpaired) electrons. The van der Waals surface area contributed by atoms with Gasteiger partial charge in [-0.3, -0.25) is 27.3 Å². The van der Waals surface area contributed by atoms with Gasteiger partial charge in [-0.15, -0.1) is 0 Å². The van der Waals surface area contributed by atoms with E-state index in [0.717, 1.165) is 0 Å². The standard InChI is InChI=1S/C35H48N15O16P3S2/c1-56-23-15(5-6-67(53,58-3)59-4)62-34(49-13-46-19-28(37)40-10-43-31(19)49)25(23)65-69(55,71)61-8-17-24(57-2)26(35(64-17)50-14-47-20-29(38)41-11-44-32(20)50)66-68(54,70)60-7-16-21(51)22(52)33(63-16)48-12-45-18-27(36)39-9-42-30(18)48/h9-17,21-26,33-35,51-52H,5-8H2,1-4H3,(H,54,70)(H,55,71)(H2,36,39,42)(H2,37,40,43)(H2,38,41,44). The molecule has 0 aromatic carbocycles. The van der Waals surface area contributed by atoms with Crippen LogP contribution in [0, 0.1) is 0 Å². The molecule has 9 rings (SSSR count). The van der Waals surface area contributed by atoms with Gasteiger partial charge in [-0.25, -0.2) is 44.9 Å². The molecule has 71 heavy (non-hydrogen) atoms. The second kappa shape index (κ2) is 20.7. The van der Waals surface area contributed by atoms with E-state index >= 15 is 0 Å². The topological polar surface area (TPSA) is 408 Å². The molecule has 0 spiro atoms. The fourth-order valence-corrected chi connectivity index (χ4v) is 12.4. The van der Waals surface area contributed by atoms with Crippen molar-refractivity contribution < 1.29 is 75.4 Å². The lowest BCUT2D eigenvalue weighted by Crippen LogP contribution is -2.38. The van der Waals surface area contributed by atoms with Gasteiger partial charge in [-0.2, -0.15) is 0 Å². The number of rotatable bonds is 20. The number of nitrogen functional groups attached to an aromatic ring is 3. The van der Waals surface area contributed by atoms with E-state index in [0.29, 0.717) is 0 Å². The molecule has 14 atom stereocenters. The van der Waals surface area contributed by atoms with E-state index in [4.69, 9.17) is 91.6 Å². The van der Waals surface area contributed by atoms with E-state index in [2.05, 4.69) is 44.9 Å². The maximum atomic E-state index is 13.1. The minimum Gasteiger partial charge on any atom is -0.387 e. The number of methoxy groups -OCH3 is 2. The summed E-state index contributed by atoms with van der Waals surface area (Å²) in [6.07, 6.45) is -6.95. The average molecular weight is 1090 g/mol. The summed E-state index contributed by atoms with van der Waals surface area (Å²) in [5, 5.41) is 22.0. The van der Waals surface area contributed by atoms with Crippen molar-refractivity contribution in [2.75, 3.05) is 65.0 Å². The Bertz CT molecular complexity index is 3030. The molecule has 6 aromatic rings. The number of ether oxygens (including phenoxy) is 5. The smallest absolute Gasteiger partial charge is 0.330 e. The van der Waals surface area contributed by atoms with Gasteiger partial charge >= 0.3 is 21.0 Å². The van der Waals surface area contributed by atoms with Crippen LogP contribution in [0.2, 0.25) is 0 Å². The van der Waals surface area contributed by atoms with Crippen molar-refractivity contribution in [3.8, 4) is 0 Å². The summed E-state index contributed by atoms with van der Waals surface area (Å²) in [5.41, 5.74) is 19.5. The monoisotopic (exact) mass is 1090 g/mol. The molecule has 3 aliphatic rings. The van der Waals surface area contributed by atoms with Gasteiger partial charge in [0.15, 0.2) is 53.1 Å². The van der Waals surface area contributed by atoms with E-state index in [1.807, 2.05) is 0 Å². The van der Waals surface area contributed by atoms with Crippen molar-refractivity contribution in [3.05, 3.63) is 38.0 Å². The first-order chi connectivity index (χ1) is 33.9. The van der Waals surface area contributed by atoms with Crippen molar-refractivity contribution in [2.45, 2.75) is 80.0 Å². The van der Waals surface area contributed by atoms with Crippen LogP contribution in [0.1, 0.15) is 25.1 Å². The van der Waals surface area contributed by atoms with Crippen LogP contribution in [0.5, 0.6) is 0 Å². The number of aliphatic hydroxyl groups is 2. The van der Waals surface area contributed by atoms with Crippen LogP contribution >= 0.6 is 21.0 Å². The van der Waals surface area contributed by atoms with Gasteiger partial charge in [0.25, 0.3) is 0 Å². The Morgan fingerprint density at radius 2 is 0.972 bits per heavy atom. The number of aliphatic hydroxyl groups excluding tert-OH is 2. The van der Waals surface area contributed by atoms with E-state index in [9.17, 15) is 24.6 Å². The number of nitrogens with zero attached hydrogens (tertiary/aromatic N) is 12. The highest BCUT2D eigenvalue weighted by Crippen LogP contribution is 2.55. The normalized spacial score (nSPS) is 29.9. The summed E-state index contributed by atoms with van der Waals surface area (Å²) < 4.78 is 82.4. The molecule has 0 bridgehead atoms. The number of imidazole rings is 3. The van der Waals surface area contributed by atoms with E-state index in [1.54, 1.807) is 0 Å². The van der Waals surface area contributed by atoms with Gasteiger partial charge in [0.05, 0.1) is 44.5 Å². The third-order valence-electron chi connectivity index (χ3n) is 12.0. The Labute approximate surface area is 411 Å². The minimum absolute atomic E-state index is 0.0492. The number of hydrogen-bond acceptors (Lipinski definition) is 28. The average Bonchev–Trinajstić information content (AvgIpc) is 4.22. The molecule has 3 aliphatic heterocycles. The number of aromatic nitrogens is 12. The van der Waals surface area contributed by atoms with Crippen LogP contribution in [0.4, 0.5) is 17.5 Å². The van der Waals surface area contributed by atoms with Crippen LogP contribution in [-0.4, -0.2) is 181 Å². The quantitative estimate of drug-likeness (QED) is 0.0487. The van der Waals surface area contributed by atoms with Gasteiger partial charge in [0, 0.05) is 28.4 Å². The van der Waals surface area contributed by atoms with Crippen LogP contribution in [0.25, 0.3) is 33.5 Å². The zero-order valence-corrected chi connectivity index (χ0v) is 42.0. The molecule has 9 heterocycles. The Morgan fingerprint density at radius 3 is 1.41 bits per heavy atom. The zero-order chi connectivity index (χ0) is 50.6. The highest BCUT2D eigenvalue weighted by atomic mass is 32.5. The maximum absolute atomic E-state index is 13.1. The summed E-state index contributed by atoms with van der Waals surface area (Å²) in [7, 11) is 1.71. The molecule has 6 aromatic heterocycles. The predicted molar refractivity (Wildman–Crippen MR) is 250 cm³/mol. The predicted octanol–water partition coefficient (Wildman–Crippen LogP) is -0.190. The largest absolute Gasteiger partial charge is 0.387 e. The molecule has 14 unspecified atom stereocenters. The molecule has 31 nitrogen and oxygen atoms in total. The third-order valence-corrected chi connectivity index (χ3v) is 17.0. The van der Waals surface area contributed by atoms with Crippen molar-refractivity contribution in [1.29, 1.82) is 0 Å². The SMILES string of the molecule is COC1C(CCP(=O)(OC)OC)OC(n2cnc3c(N)ncnc32)C1OP(O)(=S)OCC1OC(n2cnc3c(N)ncnc32)C(OP(O)(=S)OCC2OC(n3cnc4c(N)ncnc43)C(O)C2O)C1OC. The first kappa shape index (κ1) is 51.9. The van der Waals surface area contributed by atoms with Gasteiger partial charge in [-0.1, -0.05) is 0 Å². The molecule has 3 saturated heterocycles. The summed E-state index contributed by atoms with van der Waals surface area (Å²) in [5.74, 6) is 0.230. The lowest BCUT2D eigenvalue weighted by atomic mass is 10.1. The summed E-state index contributed by atoms with van der Waals surface area (Å²) in [6.45, 7) is -9.83. The lowest BCUT2D eigenvalue weighted by Gasteiger charge is -2.29. The van der Waals surface area contributed by atoms with Crippen LogP contribution in [0.15, 0.2) is 38.0 Å². The minimum atomic E-state index is -4.37. The van der Waals surface area contributed by atoms with Gasteiger partial charge in [0.2, 0.25) is 0 Å². The number of fused-ring (bicyclic) bond motifs is 3. The second-order valence-corrected chi connectivity index (χ2v) is 24.0. The molecule has 10 N–H and O–H groups in total. The van der Waals surface area contributed by atoms with E-state index in [1.165, 1.54) is 80.1 Å². The molecule has 0 saturated carbocycles. The summed E-state index contributed by atoms with van der Waals surface area (Å²) in [6, 6.07) is 0.